The zero-order valence-electron chi connectivity index (χ0n) is 12.0. The third-order valence-electron chi connectivity index (χ3n) is 3.35. The molecule has 2 aromatic rings. The number of anilines is 1. The maximum atomic E-state index is 11.7. The lowest BCUT2D eigenvalue weighted by molar-refractivity contribution is -0.150. The van der Waals surface area contributed by atoms with Crippen molar-refractivity contribution < 1.29 is 14.3 Å². The number of nitrogens with zero attached hydrogens (tertiary/aromatic N) is 2. The Morgan fingerprint density at radius 1 is 1.29 bits per heavy atom. The van der Waals surface area contributed by atoms with E-state index in [1.54, 1.807) is 0 Å². The van der Waals surface area contributed by atoms with Crippen LogP contribution in [0.1, 0.15) is 21.7 Å². The largest absolute Gasteiger partial charge is 0.462 e. The van der Waals surface area contributed by atoms with Crippen LogP contribution in [0, 0.1) is 32.1 Å². The normalized spacial score (nSPS) is 10.2. The molecule has 0 aliphatic rings. The quantitative estimate of drug-likeness (QED) is 0.644. The average Bonchev–Trinajstić information content (AvgIpc) is 2.81. The van der Waals surface area contributed by atoms with Crippen LogP contribution in [-0.4, -0.2) is 24.0 Å². The van der Waals surface area contributed by atoms with Crippen molar-refractivity contribution in [3.05, 3.63) is 21.7 Å². The molecule has 0 aliphatic heterocycles. The molecule has 7 heteroatoms. The summed E-state index contributed by atoms with van der Waals surface area (Å²) in [5.74, 6) is -1.92. The van der Waals surface area contributed by atoms with Gasteiger partial charge in [0.15, 0.2) is 0 Å². The van der Waals surface area contributed by atoms with E-state index < -0.39 is 11.9 Å². The minimum Gasteiger partial charge on any atom is -0.462 e. The molecule has 1 amide bonds. The van der Waals surface area contributed by atoms with Crippen molar-refractivity contribution in [3.63, 3.8) is 0 Å². The van der Waals surface area contributed by atoms with Crippen LogP contribution in [0.4, 0.5) is 5.69 Å². The molecule has 0 fully saturated rings. The minimum atomic E-state index is -1.01. The van der Waals surface area contributed by atoms with Gasteiger partial charge >= 0.3 is 11.9 Å². The summed E-state index contributed by atoms with van der Waals surface area (Å²) in [5.41, 5.74) is 3.10. The van der Waals surface area contributed by atoms with E-state index in [9.17, 15) is 14.9 Å². The van der Waals surface area contributed by atoms with Gasteiger partial charge in [-0.3, -0.25) is 4.79 Å². The summed E-state index contributed by atoms with van der Waals surface area (Å²) in [4.78, 5) is 28.4. The predicted molar refractivity (Wildman–Crippen MR) is 79.2 cm³/mol. The van der Waals surface area contributed by atoms with Crippen molar-refractivity contribution in [1.29, 1.82) is 5.26 Å². The van der Waals surface area contributed by atoms with E-state index in [1.807, 2.05) is 26.8 Å². The number of amides is 1. The van der Waals surface area contributed by atoms with Crippen molar-refractivity contribution in [2.24, 2.45) is 0 Å². The van der Waals surface area contributed by atoms with Crippen LogP contribution in [0.25, 0.3) is 10.2 Å². The van der Waals surface area contributed by atoms with Crippen molar-refractivity contribution in [1.82, 2.24) is 4.98 Å². The number of hydrogen-bond acceptors (Lipinski definition) is 6. The number of thiophene rings is 1. The van der Waals surface area contributed by atoms with Gasteiger partial charge in [0, 0.05) is 11.1 Å². The van der Waals surface area contributed by atoms with Gasteiger partial charge in [-0.1, -0.05) is 0 Å². The van der Waals surface area contributed by atoms with Gasteiger partial charge in [-0.25, -0.2) is 9.78 Å². The lowest BCUT2D eigenvalue weighted by Gasteiger charge is -2.08. The van der Waals surface area contributed by atoms with Gasteiger partial charge in [0.2, 0.25) is 0 Å². The van der Waals surface area contributed by atoms with Crippen molar-refractivity contribution in [3.8, 4) is 6.07 Å². The highest BCUT2D eigenvalue weighted by Crippen LogP contribution is 2.38. The Morgan fingerprint density at radius 3 is 2.52 bits per heavy atom. The molecule has 21 heavy (non-hydrogen) atoms. The molecule has 1 N–H and O–H groups in total. The highest BCUT2D eigenvalue weighted by atomic mass is 32.1. The Morgan fingerprint density at radius 2 is 1.95 bits per heavy atom. The molecule has 2 aromatic heterocycles. The molecule has 0 bridgehead atoms. The molecule has 0 unspecified atom stereocenters. The van der Waals surface area contributed by atoms with Crippen LogP contribution in [0.2, 0.25) is 0 Å². The van der Waals surface area contributed by atoms with E-state index in [0.717, 1.165) is 23.9 Å². The monoisotopic (exact) mass is 303 g/mol. The van der Waals surface area contributed by atoms with Crippen LogP contribution in [-0.2, 0) is 14.3 Å². The zero-order chi connectivity index (χ0) is 15.7. The van der Waals surface area contributed by atoms with Crippen LogP contribution >= 0.6 is 11.3 Å². The number of ether oxygens (including phenoxy) is 1. The summed E-state index contributed by atoms with van der Waals surface area (Å²) in [6.45, 7) is 5.71. The summed E-state index contributed by atoms with van der Waals surface area (Å²) >= 11 is 1.18. The predicted octanol–water partition coefficient (Wildman–Crippen LogP) is 2.20. The number of nitrogens with one attached hydrogen (secondary N) is 1. The first-order valence-electron chi connectivity index (χ1n) is 6.10. The molecular weight excluding hydrogens is 290 g/mol. The fourth-order valence-corrected chi connectivity index (χ4v) is 3.03. The maximum absolute atomic E-state index is 11.7. The number of aromatic nitrogens is 1. The van der Waals surface area contributed by atoms with Gasteiger partial charge in [0.25, 0.3) is 0 Å². The van der Waals surface area contributed by atoms with Gasteiger partial charge in [-0.05, 0) is 31.9 Å². The van der Waals surface area contributed by atoms with Gasteiger partial charge in [-0.2, -0.15) is 5.26 Å². The number of hydrogen-bond donors (Lipinski definition) is 1. The van der Waals surface area contributed by atoms with Crippen LogP contribution in [0.3, 0.4) is 0 Å². The van der Waals surface area contributed by atoms with E-state index in [1.165, 1.54) is 11.3 Å². The first-order chi connectivity index (χ1) is 9.90. The van der Waals surface area contributed by atoms with Crippen LogP contribution in [0.5, 0.6) is 0 Å². The fourth-order valence-electron chi connectivity index (χ4n) is 2.00. The first-order valence-corrected chi connectivity index (χ1v) is 6.92. The number of aryl methyl sites for hydroxylation is 2. The Balaban J connectivity index is 2.67. The molecule has 0 saturated heterocycles. The third kappa shape index (κ3) is 2.45. The van der Waals surface area contributed by atoms with Gasteiger partial charge in [0.1, 0.15) is 15.8 Å². The molecule has 0 saturated carbocycles. The summed E-state index contributed by atoms with van der Waals surface area (Å²) in [6, 6.07) is 2.03. The second kappa shape index (κ2) is 5.50. The van der Waals surface area contributed by atoms with Crippen molar-refractivity contribution in [2.45, 2.75) is 20.8 Å². The number of carbonyl (C=O) groups excluding carboxylic acids is 2. The molecule has 2 heterocycles. The second-order valence-corrected chi connectivity index (χ2v) is 5.49. The van der Waals surface area contributed by atoms with Crippen molar-refractivity contribution in [2.75, 3.05) is 12.4 Å². The van der Waals surface area contributed by atoms with E-state index >= 15 is 0 Å². The molecule has 108 valence electrons. The van der Waals surface area contributed by atoms with E-state index in [4.69, 9.17) is 0 Å². The summed E-state index contributed by atoms with van der Waals surface area (Å²) < 4.78 is 4.37. The molecule has 0 atom stereocenters. The number of pyridine rings is 1. The Bertz CT molecular complexity index is 802. The van der Waals surface area contributed by atoms with Crippen molar-refractivity contribution >= 4 is 39.1 Å². The first kappa shape index (κ1) is 14.9. The minimum absolute atomic E-state index is 0.308. The van der Waals surface area contributed by atoms with E-state index in [2.05, 4.69) is 15.0 Å². The number of fused-ring (bicyclic) bond motifs is 1. The summed E-state index contributed by atoms with van der Waals surface area (Å²) in [5, 5.41) is 12.4. The zero-order valence-corrected chi connectivity index (χ0v) is 12.8. The number of methoxy groups -OCH3 is 1. The number of rotatable bonds is 1. The smallest absolute Gasteiger partial charge is 0.396 e. The molecule has 0 spiro atoms. The lowest BCUT2D eigenvalue weighted by Crippen LogP contribution is -2.24. The molecular formula is C14H13N3O3S. The summed E-state index contributed by atoms with van der Waals surface area (Å²) in [7, 11) is 1.12. The Hall–Kier alpha value is -2.46. The van der Waals surface area contributed by atoms with Gasteiger partial charge < -0.3 is 10.1 Å². The maximum Gasteiger partial charge on any atom is 0.396 e. The SMILES string of the molecule is COC(=O)C(=O)Nc1c(C#N)sc2nc(C)c(C)c(C)c12. The number of esters is 1. The number of nitriles is 1. The third-order valence-corrected chi connectivity index (χ3v) is 4.34. The van der Waals surface area contributed by atoms with Crippen LogP contribution < -0.4 is 5.32 Å². The molecule has 0 aliphatic carbocycles. The molecule has 0 aromatic carbocycles. The highest BCUT2D eigenvalue weighted by molar-refractivity contribution is 7.20. The second-order valence-electron chi connectivity index (χ2n) is 4.49. The average molecular weight is 303 g/mol. The van der Waals surface area contributed by atoms with E-state index in [0.29, 0.717) is 20.8 Å². The Kier molecular flexibility index (Phi) is 3.91. The highest BCUT2D eigenvalue weighted by Gasteiger charge is 2.22. The van der Waals surface area contributed by atoms with Gasteiger partial charge in [-0.15, -0.1) is 11.3 Å². The van der Waals surface area contributed by atoms with E-state index in [-0.39, 0.29) is 0 Å². The lowest BCUT2D eigenvalue weighted by atomic mass is 10.1. The fraction of sp³-hybridized carbons (Fsp3) is 0.286. The standard InChI is InChI=1S/C14H13N3O3S/c1-6-7(2)10-11(17-12(18)14(19)20-4)9(5-15)21-13(10)16-8(6)3/h1-4H3,(H,17,18). The topological polar surface area (TPSA) is 92.1 Å². The number of carbonyl (C=O) groups is 2. The molecule has 6 nitrogen and oxygen atoms in total. The van der Waals surface area contributed by atoms with Crippen LogP contribution in [0.15, 0.2) is 0 Å². The molecule has 0 radical (unpaired) electrons. The Labute approximate surface area is 125 Å². The van der Waals surface area contributed by atoms with Gasteiger partial charge in [0.05, 0.1) is 12.8 Å². The molecule has 2 rings (SSSR count). The summed E-state index contributed by atoms with van der Waals surface area (Å²) in [6.07, 6.45) is 0.